The summed E-state index contributed by atoms with van der Waals surface area (Å²) in [6.07, 6.45) is 9.01. The van der Waals surface area contributed by atoms with Gasteiger partial charge in [-0.05, 0) is 61.0 Å². The third kappa shape index (κ3) is 7.69. The molecule has 0 saturated carbocycles. The second-order valence-corrected chi connectivity index (χ2v) is 13.0. The third-order valence-corrected chi connectivity index (χ3v) is 8.61. The van der Waals surface area contributed by atoms with Gasteiger partial charge in [0.15, 0.2) is 11.4 Å². The Kier molecular flexibility index (Phi) is 10.1. The van der Waals surface area contributed by atoms with Gasteiger partial charge >= 0.3 is 0 Å². The SMILES string of the molecule is CC(C)c1cnn2c(NCc3ccccc3-c3nccc4cc(CC(=O)/C=C/CN(C)C)ccc34)nc(NCC3CCNC(=O)C3)nc12. The van der Waals surface area contributed by atoms with Gasteiger partial charge in [-0.1, -0.05) is 62.4 Å². The molecule has 5 aromatic rings. The third-order valence-electron chi connectivity index (χ3n) is 8.61. The minimum atomic E-state index is 0.0816. The Labute approximate surface area is 280 Å². The Morgan fingerprint density at radius 3 is 2.79 bits per heavy atom. The van der Waals surface area contributed by atoms with E-state index >= 15 is 0 Å². The van der Waals surface area contributed by atoms with Crippen LogP contribution in [0.5, 0.6) is 0 Å². The van der Waals surface area contributed by atoms with Gasteiger partial charge in [-0.2, -0.15) is 19.6 Å². The number of anilines is 2. The fourth-order valence-electron chi connectivity index (χ4n) is 6.04. The monoisotopic (exact) mass is 645 g/mol. The number of benzene rings is 2. The van der Waals surface area contributed by atoms with Gasteiger partial charge in [-0.3, -0.25) is 14.6 Å². The average Bonchev–Trinajstić information content (AvgIpc) is 3.51. The molecule has 248 valence electrons. The number of nitrogens with zero attached hydrogens (tertiary/aromatic N) is 6. The molecule has 0 bridgehead atoms. The molecule has 6 rings (SSSR count). The first-order valence-electron chi connectivity index (χ1n) is 16.5. The van der Waals surface area contributed by atoms with Crippen molar-refractivity contribution in [3.05, 3.63) is 89.8 Å². The van der Waals surface area contributed by atoms with Crippen LogP contribution in [0.2, 0.25) is 0 Å². The molecular formula is C37H43N9O2. The summed E-state index contributed by atoms with van der Waals surface area (Å²) < 4.78 is 1.76. The molecule has 1 aliphatic rings. The van der Waals surface area contributed by atoms with Crippen molar-refractivity contribution in [2.24, 2.45) is 5.92 Å². The van der Waals surface area contributed by atoms with Crippen molar-refractivity contribution in [2.75, 3.05) is 44.4 Å². The van der Waals surface area contributed by atoms with E-state index in [1.807, 2.05) is 61.7 Å². The van der Waals surface area contributed by atoms with Gasteiger partial charge in [0.2, 0.25) is 17.8 Å². The van der Waals surface area contributed by atoms with Crippen molar-refractivity contribution < 1.29 is 9.59 Å². The molecule has 0 aliphatic carbocycles. The van der Waals surface area contributed by atoms with Gasteiger partial charge in [0.25, 0.3) is 0 Å². The summed E-state index contributed by atoms with van der Waals surface area (Å²) in [4.78, 5) is 40.9. The van der Waals surface area contributed by atoms with Crippen LogP contribution in [-0.4, -0.2) is 74.9 Å². The predicted molar refractivity (Wildman–Crippen MR) is 190 cm³/mol. The number of pyridine rings is 1. The quantitative estimate of drug-likeness (QED) is 0.147. The number of aromatic nitrogens is 5. The largest absolute Gasteiger partial charge is 0.356 e. The molecule has 3 N–H and O–H groups in total. The second-order valence-electron chi connectivity index (χ2n) is 13.0. The summed E-state index contributed by atoms with van der Waals surface area (Å²) >= 11 is 0. The second kappa shape index (κ2) is 14.7. The van der Waals surface area contributed by atoms with Gasteiger partial charge in [0.1, 0.15) is 0 Å². The fourth-order valence-corrected chi connectivity index (χ4v) is 6.04. The molecule has 2 aromatic carbocycles. The lowest BCUT2D eigenvalue weighted by Gasteiger charge is -2.22. The van der Waals surface area contributed by atoms with E-state index in [0.29, 0.717) is 44.4 Å². The van der Waals surface area contributed by atoms with Crippen LogP contribution in [0.25, 0.3) is 27.7 Å². The number of hydrogen-bond donors (Lipinski definition) is 3. The van der Waals surface area contributed by atoms with E-state index in [-0.39, 0.29) is 23.5 Å². The van der Waals surface area contributed by atoms with Crippen molar-refractivity contribution in [1.82, 2.24) is 34.8 Å². The summed E-state index contributed by atoms with van der Waals surface area (Å²) in [5.41, 5.74) is 5.69. The summed E-state index contributed by atoms with van der Waals surface area (Å²) in [5, 5.41) is 16.5. The van der Waals surface area contributed by atoms with Crippen molar-refractivity contribution in [3.63, 3.8) is 0 Å². The van der Waals surface area contributed by atoms with Crippen LogP contribution in [0.3, 0.4) is 0 Å². The van der Waals surface area contributed by atoms with Crippen LogP contribution >= 0.6 is 0 Å². The summed E-state index contributed by atoms with van der Waals surface area (Å²) in [7, 11) is 3.95. The number of rotatable bonds is 13. The van der Waals surface area contributed by atoms with Crippen molar-refractivity contribution in [1.29, 1.82) is 0 Å². The van der Waals surface area contributed by atoms with E-state index < -0.39 is 0 Å². The molecule has 0 spiro atoms. The first-order valence-corrected chi connectivity index (χ1v) is 16.5. The number of carbonyl (C=O) groups is 2. The number of amides is 1. The van der Waals surface area contributed by atoms with Crippen LogP contribution in [0, 0.1) is 5.92 Å². The van der Waals surface area contributed by atoms with Crippen molar-refractivity contribution in [2.45, 2.75) is 45.6 Å². The smallest absolute Gasteiger partial charge is 0.229 e. The highest BCUT2D eigenvalue weighted by Gasteiger charge is 2.21. The highest BCUT2D eigenvalue weighted by molar-refractivity contribution is 5.97. The number of likely N-dealkylation sites (N-methyl/N-ethyl adjacent to an activating group) is 1. The van der Waals surface area contributed by atoms with E-state index in [4.69, 9.17) is 15.0 Å². The highest BCUT2D eigenvalue weighted by Crippen LogP contribution is 2.31. The molecule has 1 aliphatic heterocycles. The Bertz CT molecular complexity index is 1960. The normalized spacial score (nSPS) is 15.1. The van der Waals surface area contributed by atoms with Crippen LogP contribution in [0.15, 0.2) is 73.1 Å². The zero-order chi connectivity index (χ0) is 33.6. The fraction of sp³-hybridized carbons (Fsp3) is 0.351. The van der Waals surface area contributed by atoms with Crippen LogP contribution < -0.4 is 16.0 Å². The number of allylic oxidation sites excluding steroid dienone is 1. The van der Waals surface area contributed by atoms with Gasteiger partial charge in [0.05, 0.1) is 11.9 Å². The summed E-state index contributed by atoms with van der Waals surface area (Å²) in [6.45, 7) is 6.77. The highest BCUT2D eigenvalue weighted by atomic mass is 16.1. The number of carbonyl (C=O) groups excluding carboxylic acids is 2. The molecule has 1 fully saturated rings. The molecular weight excluding hydrogens is 602 g/mol. The number of fused-ring (bicyclic) bond motifs is 2. The van der Waals surface area contributed by atoms with E-state index in [1.165, 1.54) is 0 Å². The maximum Gasteiger partial charge on any atom is 0.229 e. The zero-order valence-electron chi connectivity index (χ0n) is 28.0. The lowest BCUT2D eigenvalue weighted by Crippen LogP contribution is -2.36. The van der Waals surface area contributed by atoms with E-state index in [2.05, 4.69) is 59.2 Å². The number of piperidine rings is 1. The van der Waals surface area contributed by atoms with Crippen LogP contribution in [0.1, 0.15) is 49.3 Å². The molecule has 1 atom stereocenters. The minimum absolute atomic E-state index is 0.0816. The standard InChI is InChI=1S/C37H43N9O2/c1-24(2)32-23-42-46-35(32)43-36(40-21-26-13-15-38-33(48)20-26)44-37(46)41-22-28-8-5-6-10-30(28)34-31-12-11-25(18-27(31)14-16-39-34)19-29(47)9-7-17-45(3)4/h5-12,14,16,18,23-24,26H,13,15,17,19-22H2,1-4H3,(H,38,48)(H2,40,41,43,44)/b9-7+. The summed E-state index contributed by atoms with van der Waals surface area (Å²) in [5.74, 6) is 1.71. The van der Waals surface area contributed by atoms with Gasteiger partial charge in [0, 0.05) is 61.7 Å². The molecule has 1 amide bonds. The van der Waals surface area contributed by atoms with Gasteiger partial charge in [-0.25, -0.2) is 0 Å². The predicted octanol–water partition coefficient (Wildman–Crippen LogP) is 5.24. The van der Waals surface area contributed by atoms with Crippen molar-refractivity contribution in [3.8, 4) is 11.3 Å². The van der Waals surface area contributed by atoms with Gasteiger partial charge in [-0.15, -0.1) is 0 Å². The lowest BCUT2D eigenvalue weighted by atomic mass is 9.97. The molecule has 3 aromatic heterocycles. The zero-order valence-corrected chi connectivity index (χ0v) is 28.0. The van der Waals surface area contributed by atoms with Crippen LogP contribution in [0.4, 0.5) is 11.9 Å². The maximum atomic E-state index is 12.6. The number of nitrogens with one attached hydrogen (secondary N) is 3. The maximum absolute atomic E-state index is 12.6. The lowest BCUT2D eigenvalue weighted by molar-refractivity contribution is -0.123. The Balaban J connectivity index is 1.25. The topological polar surface area (TPSA) is 129 Å². The van der Waals surface area contributed by atoms with E-state index in [9.17, 15) is 9.59 Å². The Hall–Kier alpha value is -5.16. The molecule has 11 nitrogen and oxygen atoms in total. The number of ketones is 1. The molecule has 0 radical (unpaired) electrons. The first kappa shape index (κ1) is 32.8. The molecule has 1 saturated heterocycles. The van der Waals surface area contributed by atoms with E-state index in [0.717, 1.165) is 57.3 Å². The minimum Gasteiger partial charge on any atom is -0.356 e. The average molecular weight is 646 g/mol. The molecule has 4 heterocycles. The van der Waals surface area contributed by atoms with Crippen LogP contribution in [-0.2, 0) is 22.6 Å². The van der Waals surface area contributed by atoms with Crippen molar-refractivity contribution >= 4 is 40.0 Å². The van der Waals surface area contributed by atoms with Gasteiger partial charge < -0.3 is 20.9 Å². The molecule has 48 heavy (non-hydrogen) atoms. The summed E-state index contributed by atoms with van der Waals surface area (Å²) in [6, 6.07) is 16.4. The number of hydrogen-bond acceptors (Lipinski definition) is 9. The van der Waals surface area contributed by atoms with E-state index in [1.54, 1.807) is 10.6 Å². The molecule has 1 unspecified atom stereocenters. The molecule has 11 heteroatoms. The Morgan fingerprint density at radius 1 is 1.12 bits per heavy atom. The first-order chi connectivity index (χ1) is 23.2. The Morgan fingerprint density at radius 2 is 1.98 bits per heavy atom.